The molecule has 0 unspecified atom stereocenters. The topological polar surface area (TPSA) is 89.8 Å². The molecule has 1 amide bonds. The lowest BCUT2D eigenvalue weighted by molar-refractivity contribution is -0.385. The number of nitrogens with zero attached hydrogens (tertiary/aromatic N) is 2. The fourth-order valence-electron chi connectivity index (χ4n) is 2.82. The molecule has 0 spiro atoms. The van der Waals surface area contributed by atoms with Crippen LogP contribution in [0.1, 0.15) is 25.0 Å². The van der Waals surface area contributed by atoms with Gasteiger partial charge in [-0.15, -0.1) is 11.8 Å². The quantitative estimate of drug-likeness (QED) is 0.427. The Kier molecular flexibility index (Phi) is 5.75. The molecule has 1 heterocycles. The molecule has 2 aromatic rings. The molecule has 7 nitrogen and oxygen atoms in total. The maximum atomic E-state index is 12.2. The van der Waals surface area contributed by atoms with Crippen molar-refractivity contribution in [2.24, 2.45) is 0 Å². The Morgan fingerprint density at radius 1 is 1.30 bits per heavy atom. The number of ether oxygens (including phenoxy) is 1. The Morgan fingerprint density at radius 2 is 2.07 bits per heavy atom. The van der Waals surface area contributed by atoms with Gasteiger partial charge in [0.25, 0.3) is 5.69 Å². The van der Waals surface area contributed by atoms with Crippen molar-refractivity contribution in [1.82, 2.24) is 0 Å². The highest BCUT2D eigenvalue weighted by Crippen LogP contribution is 2.35. The molecular formula is C19H18N2O5S. The average molecular weight is 386 g/mol. The van der Waals surface area contributed by atoms with Crippen LogP contribution in [0.25, 0.3) is 0 Å². The number of thioether (sulfide) groups is 1. The number of benzene rings is 2. The maximum Gasteiger partial charge on any atom is 0.308 e. The van der Waals surface area contributed by atoms with E-state index in [1.165, 1.54) is 23.9 Å². The maximum absolute atomic E-state index is 12.2. The monoisotopic (exact) mass is 386 g/mol. The summed E-state index contributed by atoms with van der Waals surface area (Å²) < 4.78 is 5.38. The van der Waals surface area contributed by atoms with Crippen LogP contribution >= 0.6 is 11.8 Å². The first kappa shape index (κ1) is 18.9. The summed E-state index contributed by atoms with van der Waals surface area (Å²) >= 11 is 1.48. The van der Waals surface area contributed by atoms with Crippen LogP contribution in [-0.4, -0.2) is 29.1 Å². The second-order valence-electron chi connectivity index (χ2n) is 6.04. The molecule has 0 saturated carbocycles. The molecule has 27 heavy (non-hydrogen) atoms. The molecule has 1 atom stereocenters. The van der Waals surface area contributed by atoms with Crippen LogP contribution in [-0.2, 0) is 14.3 Å². The number of hydrogen-bond donors (Lipinski definition) is 0. The summed E-state index contributed by atoms with van der Waals surface area (Å²) in [4.78, 5) is 37.4. The number of nitro benzene ring substituents is 1. The molecule has 8 heteroatoms. The van der Waals surface area contributed by atoms with Gasteiger partial charge in [-0.25, -0.2) is 0 Å². The van der Waals surface area contributed by atoms with E-state index in [4.69, 9.17) is 4.74 Å². The molecule has 0 saturated heterocycles. The fraction of sp³-hybridized carbons (Fsp3) is 0.263. The zero-order valence-electron chi connectivity index (χ0n) is 14.7. The fourth-order valence-corrected chi connectivity index (χ4v) is 3.75. The van der Waals surface area contributed by atoms with Gasteiger partial charge in [0.1, 0.15) is 6.10 Å². The number of non-ortho nitro benzene ring substituents is 1. The lowest BCUT2D eigenvalue weighted by Gasteiger charge is -2.28. The van der Waals surface area contributed by atoms with Crippen LogP contribution < -0.4 is 4.90 Å². The van der Waals surface area contributed by atoms with Gasteiger partial charge in [-0.3, -0.25) is 19.7 Å². The van der Waals surface area contributed by atoms with Gasteiger partial charge in [-0.1, -0.05) is 24.3 Å². The molecule has 140 valence electrons. The third-order valence-electron chi connectivity index (χ3n) is 4.21. The van der Waals surface area contributed by atoms with E-state index in [1.807, 2.05) is 24.3 Å². The zero-order chi connectivity index (χ0) is 19.4. The highest BCUT2D eigenvalue weighted by Gasteiger charge is 2.25. The number of nitro groups is 1. The molecule has 0 radical (unpaired) electrons. The lowest BCUT2D eigenvalue weighted by Crippen LogP contribution is -2.37. The van der Waals surface area contributed by atoms with Crippen molar-refractivity contribution in [1.29, 1.82) is 0 Å². The van der Waals surface area contributed by atoms with Crippen LogP contribution in [0.2, 0.25) is 0 Å². The van der Waals surface area contributed by atoms with Gasteiger partial charge in [-0.05, 0) is 24.6 Å². The van der Waals surface area contributed by atoms with E-state index in [0.29, 0.717) is 11.3 Å². The van der Waals surface area contributed by atoms with Crippen LogP contribution in [0.3, 0.4) is 0 Å². The summed E-state index contributed by atoms with van der Waals surface area (Å²) in [6, 6.07) is 13.6. The van der Waals surface area contributed by atoms with E-state index in [1.54, 1.807) is 24.0 Å². The normalized spacial score (nSPS) is 14.4. The lowest BCUT2D eigenvalue weighted by atomic mass is 10.1. The van der Waals surface area contributed by atoms with Gasteiger partial charge in [0.2, 0.25) is 5.91 Å². The van der Waals surface area contributed by atoms with Crippen LogP contribution in [0, 0.1) is 10.1 Å². The molecule has 0 N–H and O–H groups in total. The number of para-hydroxylation sites is 1. The van der Waals surface area contributed by atoms with Crippen molar-refractivity contribution in [3.63, 3.8) is 0 Å². The molecular weight excluding hydrogens is 368 g/mol. The SMILES string of the molecule is C[C@H](OC(=O)CCN1C(=O)CSc2ccccc21)c1cccc([N+](=O)[O-])c1. The van der Waals surface area contributed by atoms with E-state index >= 15 is 0 Å². The van der Waals surface area contributed by atoms with Crippen LogP contribution in [0.4, 0.5) is 11.4 Å². The summed E-state index contributed by atoms with van der Waals surface area (Å²) in [5.41, 5.74) is 1.30. The van der Waals surface area contributed by atoms with E-state index in [9.17, 15) is 19.7 Å². The Hall–Kier alpha value is -2.87. The second-order valence-corrected chi connectivity index (χ2v) is 7.05. The molecule has 2 aromatic carbocycles. The second kappa shape index (κ2) is 8.22. The first-order chi connectivity index (χ1) is 13.0. The zero-order valence-corrected chi connectivity index (χ0v) is 15.5. The van der Waals surface area contributed by atoms with Crippen molar-refractivity contribution in [2.75, 3.05) is 17.2 Å². The van der Waals surface area contributed by atoms with Gasteiger partial charge < -0.3 is 9.64 Å². The summed E-state index contributed by atoms with van der Waals surface area (Å²) in [5.74, 6) is -0.161. The molecule has 1 aliphatic rings. The van der Waals surface area contributed by atoms with E-state index in [-0.39, 0.29) is 24.6 Å². The van der Waals surface area contributed by atoms with Crippen molar-refractivity contribution in [3.05, 3.63) is 64.2 Å². The number of esters is 1. The summed E-state index contributed by atoms with van der Waals surface area (Å²) in [5, 5.41) is 10.9. The minimum Gasteiger partial charge on any atom is -0.458 e. The number of anilines is 1. The Balaban J connectivity index is 1.61. The Bertz CT molecular complexity index is 886. The standard InChI is InChI=1S/C19H18N2O5S/c1-13(14-5-4-6-15(11-14)21(24)25)26-19(23)9-10-20-16-7-2-3-8-17(16)27-12-18(20)22/h2-8,11,13H,9-10,12H2,1H3/t13-/m0/s1. The number of carbonyl (C=O) groups excluding carboxylic acids is 2. The average Bonchev–Trinajstić information content (AvgIpc) is 2.67. The van der Waals surface area contributed by atoms with Crippen molar-refractivity contribution < 1.29 is 19.2 Å². The van der Waals surface area contributed by atoms with Crippen molar-refractivity contribution >= 4 is 35.0 Å². The Morgan fingerprint density at radius 3 is 2.85 bits per heavy atom. The van der Waals surface area contributed by atoms with Crippen LogP contribution in [0.15, 0.2) is 53.4 Å². The van der Waals surface area contributed by atoms with E-state index in [2.05, 4.69) is 0 Å². The number of rotatable bonds is 6. The van der Waals surface area contributed by atoms with Gasteiger partial charge in [0.05, 0.1) is 22.8 Å². The predicted octanol–water partition coefficient (Wildman–Crippen LogP) is 3.73. The van der Waals surface area contributed by atoms with Gasteiger partial charge in [-0.2, -0.15) is 0 Å². The largest absolute Gasteiger partial charge is 0.458 e. The third-order valence-corrected chi connectivity index (χ3v) is 5.25. The van der Waals surface area contributed by atoms with E-state index in [0.717, 1.165) is 10.6 Å². The van der Waals surface area contributed by atoms with Gasteiger partial charge >= 0.3 is 5.97 Å². The summed E-state index contributed by atoms with van der Waals surface area (Å²) in [6.45, 7) is 1.89. The smallest absolute Gasteiger partial charge is 0.308 e. The number of carbonyl (C=O) groups is 2. The molecule has 3 rings (SSSR count). The molecule has 0 bridgehead atoms. The first-order valence-corrected chi connectivity index (χ1v) is 9.40. The van der Waals surface area contributed by atoms with Crippen LogP contribution in [0.5, 0.6) is 0 Å². The highest BCUT2D eigenvalue weighted by atomic mass is 32.2. The number of fused-ring (bicyclic) bond motifs is 1. The third kappa shape index (κ3) is 4.46. The minimum atomic E-state index is -0.614. The van der Waals surface area contributed by atoms with Crippen molar-refractivity contribution in [3.8, 4) is 0 Å². The predicted molar refractivity (Wildman–Crippen MR) is 102 cm³/mol. The van der Waals surface area contributed by atoms with Gasteiger partial charge in [0, 0.05) is 23.6 Å². The molecule has 1 aliphatic heterocycles. The molecule has 0 fully saturated rings. The van der Waals surface area contributed by atoms with E-state index < -0.39 is 17.0 Å². The summed E-state index contributed by atoms with van der Waals surface area (Å²) in [7, 11) is 0. The summed E-state index contributed by atoms with van der Waals surface area (Å²) in [6.07, 6.45) is -0.568. The number of amides is 1. The molecule has 0 aromatic heterocycles. The minimum absolute atomic E-state index is 0.0433. The van der Waals surface area contributed by atoms with Gasteiger partial charge in [0.15, 0.2) is 0 Å². The van der Waals surface area contributed by atoms with Crippen molar-refractivity contribution in [2.45, 2.75) is 24.3 Å². The Labute approximate surface area is 160 Å². The first-order valence-electron chi connectivity index (χ1n) is 8.41. The highest BCUT2D eigenvalue weighted by molar-refractivity contribution is 8.00. The molecule has 0 aliphatic carbocycles. The number of hydrogen-bond acceptors (Lipinski definition) is 6.